The van der Waals surface area contributed by atoms with Crippen LogP contribution in [0.3, 0.4) is 0 Å². The van der Waals surface area contributed by atoms with Crippen LogP contribution in [0.4, 0.5) is 0 Å². The molecule has 4 heteroatoms. The molecule has 1 atom stereocenters. The Morgan fingerprint density at radius 1 is 1.33 bits per heavy atom. The molecule has 0 aliphatic carbocycles. The van der Waals surface area contributed by atoms with Crippen molar-refractivity contribution in [2.75, 3.05) is 6.54 Å². The Labute approximate surface area is 131 Å². The van der Waals surface area contributed by atoms with E-state index in [0.717, 1.165) is 6.54 Å². The van der Waals surface area contributed by atoms with Crippen LogP contribution in [0.15, 0.2) is 17.5 Å². The number of rotatable bonds is 5. The molecule has 1 unspecified atom stereocenters. The molecule has 18 heavy (non-hydrogen) atoms. The molecule has 0 aliphatic rings. The van der Waals surface area contributed by atoms with Crippen molar-refractivity contribution in [3.63, 3.8) is 0 Å². The van der Waals surface area contributed by atoms with Crippen LogP contribution in [-0.4, -0.2) is 6.54 Å². The van der Waals surface area contributed by atoms with Gasteiger partial charge in [0, 0.05) is 9.75 Å². The smallest absolute Gasteiger partial charge is 0.0682 e. The summed E-state index contributed by atoms with van der Waals surface area (Å²) in [4.78, 5) is 2.87. The van der Waals surface area contributed by atoms with Crippen LogP contribution in [-0.2, 0) is 0 Å². The maximum Gasteiger partial charge on any atom is 0.0682 e. The van der Waals surface area contributed by atoms with Crippen molar-refractivity contribution >= 4 is 45.3 Å². The number of halogens is 1. The molecule has 0 saturated carbocycles. The molecule has 0 aromatic carbocycles. The third kappa shape index (κ3) is 3.35. The summed E-state index contributed by atoms with van der Waals surface area (Å²) in [5, 5.41) is 5.96. The summed E-state index contributed by atoms with van der Waals surface area (Å²) in [7, 11) is 0. The highest BCUT2D eigenvalue weighted by atomic mass is 127. The molecule has 0 bridgehead atoms. The first-order chi connectivity index (χ1) is 8.61. The second-order valence-corrected chi connectivity index (χ2v) is 8.57. The van der Waals surface area contributed by atoms with Gasteiger partial charge in [-0.2, -0.15) is 0 Å². The highest BCUT2D eigenvalue weighted by Crippen LogP contribution is 2.34. The van der Waals surface area contributed by atoms with Crippen molar-refractivity contribution in [2.45, 2.75) is 33.2 Å². The van der Waals surface area contributed by atoms with Gasteiger partial charge in [0.1, 0.15) is 0 Å². The summed E-state index contributed by atoms with van der Waals surface area (Å²) in [6.07, 6.45) is 1.17. The molecule has 98 valence electrons. The second-order valence-electron chi connectivity index (χ2n) is 4.48. The van der Waals surface area contributed by atoms with E-state index in [4.69, 9.17) is 0 Å². The number of hydrogen-bond donors (Lipinski definition) is 1. The van der Waals surface area contributed by atoms with E-state index in [-0.39, 0.29) is 0 Å². The molecule has 2 aromatic rings. The summed E-state index contributed by atoms with van der Waals surface area (Å²) in [6, 6.07) is 4.95. The summed E-state index contributed by atoms with van der Waals surface area (Å²) >= 11 is 6.14. The standard InChI is InChI=1S/C14H18INS2/c1-4-5-16-13(11-7-12(15)17-8-11)14-9(2)6-10(3)18-14/h6-8,13,16H,4-5H2,1-3H3. The van der Waals surface area contributed by atoms with Crippen LogP contribution in [0.5, 0.6) is 0 Å². The summed E-state index contributed by atoms with van der Waals surface area (Å²) in [5.74, 6) is 0. The van der Waals surface area contributed by atoms with E-state index < -0.39 is 0 Å². The van der Waals surface area contributed by atoms with Crippen LogP contribution in [0.1, 0.15) is 40.3 Å². The van der Waals surface area contributed by atoms with Gasteiger partial charge in [-0.1, -0.05) is 6.92 Å². The molecule has 0 amide bonds. The molecule has 2 rings (SSSR count). The highest BCUT2D eigenvalue weighted by molar-refractivity contribution is 14.1. The van der Waals surface area contributed by atoms with Crippen LogP contribution in [0.2, 0.25) is 0 Å². The van der Waals surface area contributed by atoms with E-state index in [2.05, 4.69) is 66.2 Å². The summed E-state index contributed by atoms with van der Waals surface area (Å²) in [5.41, 5.74) is 2.81. The lowest BCUT2D eigenvalue weighted by atomic mass is 10.1. The lowest BCUT2D eigenvalue weighted by Crippen LogP contribution is -2.22. The first-order valence-electron chi connectivity index (χ1n) is 6.16. The van der Waals surface area contributed by atoms with E-state index >= 15 is 0 Å². The molecule has 0 fully saturated rings. The predicted molar refractivity (Wildman–Crippen MR) is 91.0 cm³/mol. The monoisotopic (exact) mass is 391 g/mol. The zero-order valence-corrected chi connectivity index (χ0v) is 14.7. The first-order valence-corrected chi connectivity index (χ1v) is 8.93. The van der Waals surface area contributed by atoms with Crippen LogP contribution in [0, 0.1) is 16.7 Å². The zero-order valence-electron chi connectivity index (χ0n) is 10.9. The molecule has 0 radical (unpaired) electrons. The number of hydrogen-bond acceptors (Lipinski definition) is 3. The van der Waals surface area contributed by atoms with E-state index in [9.17, 15) is 0 Å². The van der Waals surface area contributed by atoms with Crippen molar-refractivity contribution in [1.82, 2.24) is 5.32 Å². The fourth-order valence-corrected chi connectivity index (χ4v) is 4.61. The third-order valence-corrected chi connectivity index (χ3v) is 5.89. The minimum absolute atomic E-state index is 0.364. The van der Waals surface area contributed by atoms with Gasteiger partial charge in [0.05, 0.1) is 8.93 Å². The van der Waals surface area contributed by atoms with Gasteiger partial charge < -0.3 is 5.32 Å². The Hall–Kier alpha value is 0.0900. The third-order valence-electron chi connectivity index (χ3n) is 2.86. The summed E-state index contributed by atoms with van der Waals surface area (Å²) < 4.78 is 1.36. The van der Waals surface area contributed by atoms with Crippen molar-refractivity contribution in [2.24, 2.45) is 0 Å². The summed E-state index contributed by atoms with van der Waals surface area (Å²) in [6.45, 7) is 7.69. The van der Waals surface area contributed by atoms with Crippen LogP contribution < -0.4 is 5.32 Å². The molecule has 1 N–H and O–H groups in total. The van der Waals surface area contributed by atoms with Crippen LogP contribution >= 0.6 is 45.3 Å². The van der Waals surface area contributed by atoms with Gasteiger partial charge in [-0.05, 0) is 78.0 Å². The Morgan fingerprint density at radius 3 is 2.61 bits per heavy atom. The van der Waals surface area contributed by atoms with Gasteiger partial charge in [-0.25, -0.2) is 0 Å². The Bertz CT molecular complexity index is 516. The van der Waals surface area contributed by atoms with Gasteiger partial charge in [0.2, 0.25) is 0 Å². The maximum atomic E-state index is 3.68. The molecule has 2 heterocycles. The van der Waals surface area contributed by atoms with Crippen molar-refractivity contribution in [3.05, 3.63) is 41.3 Å². The minimum Gasteiger partial charge on any atom is -0.306 e. The second kappa shape index (κ2) is 6.50. The molecule has 0 aliphatic heterocycles. The molecule has 1 nitrogen and oxygen atoms in total. The number of thiophene rings is 2. The van der Waals surface area contributed by atoms with Crippen molar-refractivity contribution < 1.29 is 0 Å². The van der Waals surface area contributed by atoms with E-state index in [0.29, 0.717) is 6.04 Å². The van der Waals surface area contributed by atoms with E-state index in [1.165, 1.54) is 30.2 Å². The van der Waals surface area contributed by atoms with Gasteiger partial charge >= 0.3 is 0 Å². The van der Waals surface area contributed by atoms with Gasteiger partial charge in [-0.3, -0.25) is 0 Å². The molecule has 0 spiro atoms. The quantitative estimate of drug-likeness (QED) is 0.698. The fraction of sp³-hybridized carbons (Fsp3) is 0.429. The Balaban J connectivity index is 2.33. The molecular formula is C14H18INS2. The average Bonchev–Trinajstić information content (AvgIpc) is 2.87. The molecule has 0 saturated heterocycles. The normalized spacial score (nSPS) is 12.9. The highest BCUT2D eigenvalue weighted by Gasteiger charge is 2.18. The fourth-order valence-electron chi connectivity index (χ4n) is 2.07. The lowest BCUT2D eigenvalue weighted by Gasteiger charge is -2.17. The largest absolute Gasteiger partial charge is 0.306 e. The van der Waals surface area contributed by atoms with Gasteiger partial charge in [0.15, 0.2) is 0 Å². The zero-order chi connectivity index (χ0) is 13.1. The Morgan fingerprint density at radius 2 is 2.11 bits per heavy atom. The number of aryl methyl sites for hydroxylation is 2. The maximum absolute atomic E-state index is 3.68. The lowest BCUT2D eigenvalue weighted by molar-refractivity contribution is 0.605. The van der Waals surface area contributed by atoms with Gasteiger partial charge in [-0.15, -0.1) is 22.7 Å². The molecular weight excluding hydrogens is 373 g/mol. The molecule has 2 aromatic heterocycles. The van der Waals surface area contributed by atoms with Crippen LogP contribution in [0.25, 0.3) is 0 Å². The van der Waals surface area contributed by atoms with Crippen molar-refractivity contribution in [1.29, 1.82) is 0 Å². The van der Waals surface area contributed by atoms with E-state index in [1.54, 1.807) is 0 Å². The Kier molecular flexibility index (Phi) is 5.24. The van der Waals surface area contributed by atoms with Gasteiger partial charge in [0.25, 0.3) is 0 Å². The topological polar surface area (TPSA) is 12.0 Å². The van der Waals surface area contributed by atoms with Crippen molar-refractivity contribution in [3.8, 4) is 0 Å². The SMILES string of the molecule is CCCNC(c1csc(I)c1)c1sc(C)cc1C. The minimum atomic E-state index is 0.364. The first kappa shape index (κ1) is 14.5. The van der Waals surface area contributed by atoms with E-state index in [1.807, 2.05) is 22.7 Å². The number of nitrogens with one attached hydrogen (secondary N) is 1. The average molecular weight is 391 g/mol. The predicted octanol–water partition coefficient (Wildman–Crippen LogP) is 5.12.